The van der Waals surface area contributed by atoms with Gasteiger partial charge in [0.25, 0.3) is 0 Å². The molecular formula is C31H36N6O4. The molecule has 0 spiro atoms. The minimum atomic E-state index is -0.0824. The summed E-state index contributed by atoms with van der Waals surface area (Å²) in [4.78, 5) is 25.5. The highest BCUT2D eigenvalue weighted by Gasteiger charge is 2.24. The van der Waals surface area contributed by atoms with E-state index in [1.807, 2.05) is 85.4 Å². The molecule has 2 amide bonds. The second-order valence-corrected chi connectivity index (χ2v) is 10.2. The maximum Gasteiger partial charge on any atom is 0.321 e. The molecule has 2 N–H and O–H groups in total. The summed E-state index contributed by atoms with van der Waals surface area (Å²) < 4.78 is 17.2. The van der Waals surface area contributed by atoms with E-state index in [4.69, 9.17) is 14.2 Å². The van der Waals surface area contributed by atoms with Crippen molar-refractivity contribution >= 4 is 39.8 Å². The Morgan fingerprint density at radius 3 is 2.24 bits per heavy atom. The minimum Gasteiger partial charge on any atom is -0.493 e. The first kappa shape index (κ1) is 27.8. The standard InChI is InChI=1S/C31H36N6O4/c1-20-16-22(34-30-25-17-28(39-4)29(40-5)18-26(25)32-19-33-30)8-11-27(20)41-24-12-14-37(15-13-24)31(38)35-21-6-9-23(10-7-21)36(2)3/h6-11,16-19,24H,12-15H2,1-5H3,(H,35,38)(H,32,33,34). The number of carbonyl (C=O) groups excluding carboxylic acids is 1. The Bertz CT molecular complexity index is 1520. The number of likely N-dealkylation sites (tertiary alicyclic amines) is 1. The first-order valence-corrected chi connectivity index (χ1v) is 13.6. The van der Waals surface area contributed by atoms with Gasteiger partial charge < -0.3 is 34.6 Å². The molecule has 3 aromatic carbocycles. The first-order valence-electron chi connectivity index (χ1n) is 13.6. The number of hydrogen-bond donors (Lipinski definition) is 2. The third-order valence-corrected chi connectivity index (χ3v) is 7.24. The van der Waals surface area contributed by atoms with Gasteiger partial charge >= 0.3 is 6.03 Å². The van der Waals surface area contributed by atoms with Crippen LogP contribution in [0.1, 0.15) is 18.4 Å². The van der Waals surface area contributed by atoms with Gasteiger partial charge in [0.1, 0.15) is 24.0 Å². The number of amides is 2. The zero-order chi connectivity index (χ0) is 28.9. The second kappa shape index (κ2) is 12.2. The summed E-state index contributed by atoms with van der Waals surface area (Å²) in [7, 11) is 7.18. The van der Waals surface area contributed by atoms with Crippen LogP contribution in [0.2, 0.25) is 0 Å². The molecule has 0 radical (unpaired) electrons. The molecular weight excluding hydrogens is 520 g/mol. The smallest absolute Gasteiger partial charge is 0.321 e. The van der Waals surface area contributed by atoms with Crippen LogP contribution in [-0.4, -0.2) is 68.4 Å². The van der Waals surface area contributed by atoms with Crippen molar-refractivity contribution in [3.63, 3.8) is 0 Å². The van der Waals surface area contributed by atoms with Crippen molar-refractivity contribution in [3.05, 3.63) is 66.5 Å². The number of nitrogens with zero attached hydrogens (tertiary/aromatic N) is 4. The Morgan fingerprint density at radius 2 is 1.59 bits per heavy atom. The maximum atomic E-state index is 12.8. The average molecular weight is 557 g/mol. The van der Waals surface area contributed by atoms with E-state index in [1.54, 1.807) is 14.2 Å². The molecule has 2 heterocycles. The van der Waals surface area contributed by atoms with Crippen LogP contribution in [0.15, 0.2) is 60.9 Å². The zero-order valence-corrected chi connectivity index (χ0v) is 24.1. The summed E-state index contributed by atoms with van der Waals surface area (Å²) in [6.07, 6.45) is 3.10. The van der Waals surface area contributed by atoms with Crippen LogP contribution in [0.25, 0.3) is 10.9 Å². The number of urea groups is 1. The lowest BCUT2D eigenvalue weighted by molar-refractivity contribution is 0.115. The number of fused-ring (bicyclic) bond motifs is 1. The summed E-state index contributed by atoms with van der Waals surface area (Å²) in [5.74, 6) is 2.73. The quantitative estimate of drug-likeness (QED) is 0.279. The molecule has 10 nitrogen and oxygen atoms in total. The highest BCUT2D eigenvalue weighted by atomic mass is 16.5. The normalized spacial score (nSPS) is 13.5. The van der Waals surface area contributed by atoms with Crippen molar-refractivity contribution in [1.29, 1.82) is 0 Å². The summed E-state index contributed by atoms with van der Waals surface area (Å²) >= 11 is 0. The van der Waals surface area contributed by atoms with E-state index < -0.39 is 0 Å². The molecule has 41 heavy (non-hydrogen) atoms. The Labute approximate surface area is 240 Å². The van der Waals surface area contributed by atoms with Gasteiger partial charge in [0, 0.05) is 68.5 Å². The largest absolute Gasteiger partial charge is 0.493 e. The fourth-order valence-corrected chi connectivity index (χ4v) is 4.88. The van der Waals surface area contributed by atoms with Crippen LogP contribution in [-0.2, 0) is 0 Å². The summed E-state index contributed by atoms with van der Waals surface area (Å²) in [6.45, 7) is 3.30. The van der Waals surface area contributed by atoms with Crippen LogP contribution in [0.4, 0.5) is 27.7 Å². The lowest BCUT2D eigenvalue weighted by Gasteiger charge is -2.32. The first-order chi connectivity index (χ1) is 19.8. The van der Waals surface area contributed by atoms with E-state index in [9.17, 15) is 4.79 Å². The van der Waals surface area contributed by atoms with Crippen molar-refractivity contribution in [3.8, 4) is 17.2 Å². The van der Waals surface area contributed by atoms with Crippen LogP contribution in [0, 0.1) is 6.92 Å². The topological polar surface area (TPSA) is 101 Å². The molecule has 0 saturated carbocycles. The van der Waals surface area contributed by atoms with Gasteiger partial charge in [-0.25, -0.2) is 14.8 Å². The van der Waals surface area contributed by atoms with Gasteiger partial charge in [-0.2, -0.15) is 0 Å². The molecule has 4 aromatic rings. The predicted molar refractivity (Wildman–Crippen MR) is 162 cm³/mol. The third kappa shape index (κ3) is 6.37. The third-order valence-electron chi connectivity index (χ3n) is 7.24. The molecule has 5 rings (SSSR count). The lowest BCUT2D eigenvalue weighted by Crippen LogP contribution is -2.43. The average Bonchev–Trinajstić information content (AvgIpc) is 2.98. The van der Waals surface area contributed by atoms with Crippen LogP contribution < -0.4 is 29.7 Å². The van der Waals surface area contributed by atoms with Crippen molar-refractivity contribution in [2.24, 2.45) is 0 Å². The Hall–Kier alpha value is -4.73. The van der Waals surface area contributed by atoms with E-state index in [2.05, 4.69) is 20.6 Å². The number of carbonyl (C=O) groups is 1. The number of aryl methyl sites for hydroxylation is 1. The van der Waals surface area contributed by atoms with Crippen LogP contribution in [0.3, 0.4) is 0 Å². The molecule has 0 atom stereocenters. The summed E-state index contributed by atoms with van der Waals surface area (Å²) in [6, 6.07) is 17.4. The van der Waals surface area contributed by atoms with Gasteiger partial charge in [0.2, 0.25) is 0 Å². The zero-order valence-electron chi connectivity index (χ0n) is 24.1. The van der Waals surface area contributed by atoms with Crippen molar-refractivity contribution < 1.29 is 19.0 Å². The summed E-state index contributed by atoms with van der Waals surface area (Å²) in [5.41, 5.74) is 4.52. The van der Waals surface area contributed by atoms with Crippen LogP contribution in [0.5, 0.6) is 17.2 Å². The van der Waals surface area contributed by atoms with Gasteiger partial charge in [-0.15, -0.1) is 0 Å². The molecule has 0 bridgehead atoms. The molecule has 0 unspecified atom stereocenters. The van der Waals surface area contributed by atoms with Gasteiger partial charge in [0.05, 0.1) is 19.7 Å². The highest BCUT2D eigenvalue weighted by molar-refractivity contribution is 5.93. The molecule has 1 saturated heterocycles. The minimum absolute atomic E-state index is 0.0455. The Kier molecular flexibility index (Phi) is 8.28. The van der Waals surface area contributed by atoms with E-state index in [0.29, 0.717) is 30.4 Å². The number of benzene rings is 3. The summed E-state index contributed by atoms with van der Waals surface area (Å²) in [5, 5.41) is 7.22. The fraction of sp³-hybridized carbons (Fsp3) is 0.323. The highest BCUT2D eigenvalue weighted by Crippen LogP contribution is 2.35. The second-order valence-electron chi connectivity index (χ2n) is 10.2. The SMILES string of the molecule is COc1cc2ncnc(Nc3ccc(OC4CCN(C(=O)Nc5ccc(N(C)C)cc5)CC4)c(C)c3)c2cc1OC. The molecule has 1 fully saturated rings. The lowest BCUT2D eigenvalue weighted by atomic mass is 10.1. The molecule has 214 valence electrons. The Morgan fingerprint density at radius 1 is 0.902 bits per heavy atom. The van der Waals surface area contributed by atoms with Gasteiger partial charge in [-0.05, 0) is 61.0 Å². The molecule has 1 aliphatic heterocycles. The number of rotatable bonds is 8. The van der Waals surface area contributed by atoms with E-state index in [0.717, 1.165) is 52.1 Å². The number of methoxy groups -OCH3 is 2. The van der Waals surface area contributed by atoms with E-state index in [-0.39, 0.29) is 12.1 Å². The number of ether oxygens (including phenoxy) is 3. The van der Waals surface area contributed by atoms with Gasteiger partial charge in [0.15, 0.2) is 11.5 Å². The Balaban J connectivity index is 1.18. The molecule has 0 aliphatic carbocycles. The number of piperidine rings is 1. The van der Waals surface area contributed by atoms with Crippen LogP contribution >= 0.6 is 0 Å². The van der Waals surface area contributed by atoms with E-state index >= 15 is 0 Å². The molecule has 1 aromatic heterocycles. The molecule has 1 aliphatic rings. The van der Waals surface area contributed by atoms with Gasteiger partial charge in [-0.1, -0.05) is 0 Å². The maximum absolute atomic E-state index is 12.8. The fourth-order valence-electron chi connectivity index (χ4n) is 4.88. The molecule has 10 heteroatoms. The van der Waals surface area contributed by atoms with Crippen molar-refractivity contribution in [2.75, 3.05) is 56.9 Å². The van der Waals surface area contributed by atoms with Crippen molar-refractivity contribution in [2.45, 2.75) is 25.9 Å². The number of nitrogens with one attached hydrogen (secondary N) is 2. The number of hydrogen-bond acceptors (Lipinski definition) is 8. The number of anilines is 4. The van der Waals surface area contributed by atoms with Gasteiger partial charge in [-0.3, -0.25) is 0 Å². The van der Waals surface area contributed by atoms with E-state index in [1.165, 1.54) is 6.33 Å². The monoisotopic (exact) mass is 556 g/mol. The predicted octanol–water partition coefficient (Wildman–Crippen LogP) is 5.84. The van der Waals surface area contributed by atoms with Crippen molar-refractivity contribution in [1.82, 2.24) is 14.9 Å². The number of aromatic nitrogens is 2.